The predicted molar refractivity (Wildman–Crippen MR) is 81.2 cm³/mol. The van der Waals surface area contributed by atoms with Gasteiger partial charge in [0.1, 0.15) is 0 Å². The smallest absolute Gasteiger partial charge is 0.237 e. The van der Waals surface area contributed by atoms with E-state index in [1.54, 1.807) is 0 Å². The molecule has 0 saturated carbocycles. The minimum atomic E-state index is -0.584. The topological polar surface area (TPSA) is 75.3 Å². The summed E-state index contributed by atoms with van der Waals surface area (Å²) < 4.78 is 0. The second kappa shape index (κ2) is 7.41. The fraction of sp³-hybridized carbons (Fsp3) is 0.562. The molecule has 4 heteroatoms. The van der Waals surface area contributed by atoms with Crippen molar-refractivity contribution in [2.75, 3.05) is 6.54 Å². The number of nitrogens with one attached hydrogen (secondary N) is 1. The summed E-state index contributed by atoms with van der Waals surface area (Å²) in [7, 11) is 0. The second-order valence-corrected chi connectivity index (χ2v) is 6.46. The molecule has 1 rings (SSSR count). The Labute approximate surface area is 121 Å². The van der Waals surface area contributed by atoms with Crippen LogP contribution in [0.2, 0.25) is 0 Å². The summed E-state index contributed by atoms with van der Waals surface area (Å²) in [6.07, 6.45) is 0.603. The average Bonchev–Trinajstić information content (AvgIpc) is 2.35. The standard InChI is InChI=1S/C16H26N2O2/c1-16(2,3)10-13(19)11-18-15(20)14(17)9-12-7-5-4-6-8-12/h4-8,13-14,19H,9-11,17H2,1-3H3,(H,18,20)/t13?,14-/m1/s1. The van der Waals surface area contributed by atoms with Gasteiger partial charge in [-0.2, -0.15) is 0 Å². The maximum absolute atomic E-state index is 11.9. The Morgan fingerprint density at radius 3 is 2.45 bits per heavy atom. The van der Waals surface area contributed by atoms with Gasteiger partial charge in [0.2, 0.25) is 5.91 Å². The van der Waals surface area contributed by atoms with Crippen molar-refractivity contribution in [1.29, 1.82) is 0 Å². The monoisotopic (exact) mass is 278 g/mol. The number of carbonyl (C=O) groups is 1. The van der Waals surface area contributed by atoms with E-state index in [-0.39, 0.29) is 17.9 Å². The Bertz CT molecular complexity index is 412. The van der Waals surface area contributed by atoms with Gasteiger partial charge in [-0.1, -0.05) is 51.1 Å². The van der Waals surface area contributed by atoms with Crippen LogP contribution in [-0.2, 0) is 11.2 Å². The number of benzene rings is 1. The van der Waals surface area contributed by atoms with Gasteiger partial charge >= 0.3 is 0 Å². The summed E-state index contributed by atoms with van der Waals surface area (Å²) in [5.41, 5.74) is 6.94. The Balaban J connectivity index is 2.35. The van der Waals surface area contributed by atoms with Crippen LogP contribution in [0.4, 0.5) is 0 Å². The molecule has 4 nitrogen and oxygen atoms in total. The van der Waals surface area contributed by atoms with Crippen LogP contribution < -0.4 is 11.1 Å². The van der Waals surface area contributed by atoms with E-state index in [2.05, 4.69) is 26.1 Å². The predicted octanol–water partition coefficient (Wildman–Crippen LogP) is 1.47. The molecule has 0 aliphatic carbocycles. The van der Waals surface area contributed by atoms with E-state index >= 15 is 0 Å². The van der Waals surface area contributed by atoms with Crippen molar-refractivity contribution in [2.45, 2.75) is 45.8 Å². The molecule has 20 heavy (non-hydrogen) atoms. The average molecular weight is 278 g/mol. The van der Waals surface area contributed by atoms with Crippen LogP contribution in [-0.4, -0.2) is 29.7 Å². The molecule has 0 bridgehead atoms. The van der Waals surface area contributed by atoms with Gasteiger partial charge in [-0.05, 0) is 23.8 Å². The quantitative estimate of drug-likeness (QED) is 0.737. The fourth-order valence-corrected chi connectivity index (χ4v) is 2.09. The molecule has 1 unspecified atom stereocenters. The van der Waals surface area contributed by atoms with Crippen LogP contribution in [0.1, 0.15) is 32.8 Å². The molecule has 0 fully saturated rings. The third-order valence-corrected chi connectivity index (χ3v) is 3.00. The second-order valence-electron chi connectivity index (χ2n) is 6.46. The molecule has 0 aliphatic rings. The molecule has 0 spiro atoms. The van der Waals surface area contributed by atoms with Crippen molar-refractivity contribution in [3.05, 3.63) is 35.9 Å². The molecule has 0 heterocycles. The number of amides is 1. The van der Waals surface area contributed by atoms with Gasteiger partial charge in [0.25, 0.3) is 0 Å². The first-order valence-electron chi connectivity index (χ1n) is 7.03. The Morgan fingerprint density at radius 2 is 1.90 bits per heavy atom. The van der Waals surface area contributed by atoms with E-state index in [1.807, 2.05) is 30.3 Å². The van der Waals surface area contributed by atoms with E-state index in [1.165, 1.54) is 0 Å². The van der Waals surface area contributed by atoms with Crippen LogP contribution in [0.25, 0.3) is 0 Å². The lowest BCUT2D eigenvalue weighted by atomic mass is 9.89. The number of nitrogens with two attached hydrogens (primary N) is 1. The first kappa shape index (κ1) is 16.7. The van der Waals surface area contributed by atoms with Crippen LogP contribution in [0.3, 0.4) is 0 Å². The van der Waals surface area contributed by atoms with E-state index < -0.39 is 12.1 Å². The van der Waals surface area contributed by atoms with Gasteiger partial charge in [-0.25, -0.2) is 0 Å². The SMILES string of the molecule is CC(C)(C)CC(O)CNC(=O)[C@H](N)Cc1ccccc1. The first-order valence-corrected chi connectivity index (χ1v) is 7.03. The zero-order chi connectivity index (χ0) is 15.2. The molecule has 0 aromatic heterocycles. The molecular formula is C16H26N2O2. The van der Waals surface area contributed by atoms with Crippen LogP contribution in [0.15, 0.2) is 30.3 Å². The minimum absolute atomic E-state index is 0.0380. The number of rotatable bonds is 6. The van der Waals surface area contributed by atoms with Crippen molar-refractivity contribution in [1.82, 2.24) is 5.32 Å². The van der Waals surface area contributed by atoms with Crippen molar-refractivity contribution >= 4 is 5.91 Å². The normalized spacial score (nSPS) is 14.7. The maximum Gasteiger partial charge on any atom is 0.237 e. The van der Waals surface area contributed by atoms with Crippen molar-refractivity contribution in [3.8, 4) is 0 Å². The van der Waals surface area contributed by atoms with E-state index in [0.717, 1.165) is 5.56 Å². The van der Waals surface area contributed by atoms with Crippen LogP contribution >= 0.6 is 0 Å². The Kier molecular flexibility index (Phi) is 6.17. The highest BCUT2D eigenvalue weighted by atomic mass is 16.3. The van der Waals surface area contributed by atoms with Crippen LogP contribution in [0, 0.1) is 5.41 Å². The summed E-state index contributed by atoms with van der Waals surface area (Å²) in [5.74, 6) is -0.221. The van der Waals surface area contributed by atoms with Gasteiger partial charge in [-0.15, -0.1) is 0 Å². The van der Waals surface area contributed by atoms with E-state index in [9.17, 15) is 9.90 Å². The number of aliphatic hydroxyl groups is 1. The molecule has 112 valence electrons. The lowest BCUT2D eigenvalue weighted by molar-refractivity contribution is -0.122. The number of carbonyl (C=O) groups excluding carboxylic acids is 1. The zero-order valence-corrected chi connectivity index (χ0v) is 12.6. The summed E-state index contributed by atoms with van der Waals surface area (Å²) in [6.45, 7) is 6.41. The molecule has 4 N–H and O–H groups in total. The van der Waals surface area contributed by atoms with E-state index in [4.69, 9.17) is 5.73 Å². The molecular weight excluding hydrogens is 252 g/mol. The van der Waals surface area contributed by atoms with Gasteiger partial charge in [0, 0.05) is 6.54 Å². The van der Waals surface area contributed by atoms with Crippen molar-refractivity contribution in [3.63, 3.8) is 0 Å². The highest BCUT2D eigenvalue weighted by Gasteiger charge is 2.19. The molecule has 0 saturated heterocycles. The first-order chi connectivity index (χ1) is 9.28. The van der Waals surface area contributed by atoms with Gasteiger partial charge in [0.15, 0.2) is 0 Å². The lowest BCUT2D eigenvalue weighted by Crippen LogP contribution is -2.45. The zero-order valence-electron chi connectivity index (χ0n) is 12.6. The fourth-order valence-electron chi connectivity index (χ4n) is 2.09. The molecule has 1 amide bonds. The number of aliphatic hydroxyl groups excluding tert-OH is 1. The largest absolute Gasteiger partial charge is 0.391 e. The number of hydrogen-bond donors (Lipinski definition) is 3. The highest BCUT2D eigenvalue weighted by Crippen LogP contribution is 2.20. The molecule has 0 radical (unpaired) electrons. The highest BCUT2D eigenvalue weighted by molar-refractivity contribution is 5.81. The molecule has 2 atom stereocenters. The van der Waals surface area contributed by atoms with Crippen LogP contribution in [0.5, 0.6) is 0 Å². The Hall–Kier alpha value is -1.39. The maximum atomic E-state index is 11.9. The third-order valence-electron chi connectivity index (χ3n) is 3.00. The van der Waals surface area contributed by atoms with E-state index in [0.29, 0.717) is 12.8 Å². The van der Waals surface area contributed by atoms with Crippen molar-refractivity contribution < 1.29 is 9.90 Å². The molecule has 1 aromatic carbocycles. The lowest BCUT2D eigenvalue weighted by Gasteiger charge is -2.23. The summed E-state index contributed by atoms with van der Waals surface area (Å²) in [5, 5.41) is 12.6. The summed E-state index contributed by atoms with van der Waals surface area (Å²) >= 11 is 0. The Morgan fingerprint density at radius 1 is 1.30 bits per heavy atom. The van der Waals surface area contributed by atoms with Gasteiger partial charge in [-0.3, -0.25) is 4.79 Å². The third kappa shape index (κ3) is 6.68. The van der Waals surface area contributed by atoms with Gasteiger partial charge in [0.05, 0.1) is 12.1 Å². The molecule has 1 aromatic rings. The van der Waals surface area contributed by atoms with Gasteiger partial charge < -0.3 is 16.2 Å². The summed E-state index contributed by atoms with van der Waals surface area (Å²) in [4.78, 5) is 11.9. The van der Waals surface area contributed by atoms with Crippen molar-refractivity contribution in [2.24, 2.45) is 11.1 Å². The number of hydrogen-bond acceptors (Lipinski definition) is 3. The summed E-state index contributed by atoms with van der Waals surface area (Å²) in [6, 6.07) is 9.08. The minimum Gasteiger partial charge on any atom is -0.391 e. The molecule has 0 aliphatic heterocycles.